The summed E-state index contributed by atoms with van der Waals surface area (Å²) in [5.41, 5.74) is 3.27. The number of nitrogens with zero attached hydrogens (tertiary/aromatic N) is 4. The number of imidazole rings is 1. The summed E-state index contributed by atoms with van der Waals surface area (Å²) in [5, 5.41) is 13.1. The topological polar surface area (TPSA) is 108 Å². The minimum absolute atomic E-state index is 0.224. The Balaban J connectivity index is 1.47. The van der Waals surface area contributed by atoms with E-state index in [1.165, 1.54) is 0 Å². The van der Waals surface area contributed by atoms with Crippen LogP contribution in [0.3, 0.4) is 0 Å². The highest BCUT2D eigenvalue weighted by Gasteiger charge is 2.22. The van der Waals surface area contributed by atoms with E-state index < -0.39 is 5.97 Å². The van der Waals surface area contributed by atoms with Gasteiger partial charge in [0, 0.05) is 31.0 Å². The van der Waals surface area contributed by atoms with Gasteiger partial charge in [-0.1, -0.05) is 31.1 Å². The van der Waals surface area contributed by atoms with Gasteiger partial charge in [-0.05, 0) is 12.1 Å². The first kappa shape index (κ1) is 17.4. The maximum atomic E-state index is 11.0. The summed E-state index contributed by atoms with van der Waals surface area (Å²) < 4.78 is 5.28. The molecule has 1 aliphatic rings. The lowest BCUT2D eigenvalue weighted by molar-refractivity contribution is 0.0697. The van der Waals surface area contributed by atoms with Crippen molar-refractivity contribution in [3.63, 3.8) is 0 Å². The lowest BCUT2D eigenvalue weighted by Gasteiger charge is -2.24. The average Bonchev–Trinajstić information content (AvgIpc) is 3.28. The molecule has 27 heavy (non-hydrogen) atoms. The van der Waals surface area contributed by atoms with E-state index in [0.717, 1.165) is 42.3 Å². The molecule has 1 aromatic carbocycles. The minimum Gasteiger partial charge on any atom is -0.478 e. The van der Waals surface area contributed by atoms with Gasteiger partial charge < -0.3 is 14.6 Å². The van der Waals surface area contributed by atoms with E-state index in [4.69, 9.17) is 9.63 Å². The first-order valence-electron chi connectivity index (χ1n) is 8.96. The number of aromatic nitrogens is 4. The number of benzene rings is 1. The van der Waals surface area contributed by atoms with Gasteiger partial charge in [0.2, 0.25) is 5.89 Å². The second-order valence-electron chi connectivity index (χ2n) is 7.06. The maximum absolute atomic E-state index is 11.0. The van der Waals surface area contributed by atoms with E-state index in [2.05, 4.69) is 25.0 Å². The summed E-state index contributed by atoms with van der Waals surface area (Å²) >= 11 is 0. The number of hydrogen-bond acceptors (Lipinski definition) is 6. The normalized spacial score (nSPS) is 14.5. The van der Waals surface area contributed by atoms with Gasteiger partial charge >= 0.3 is 5.97 Å². The number of carboxylic acids is 1. The molecule has 3 aromatic rings. The van der Waals surface area contributed by atoms with Crippen LogP contribution in [0.4, 0.5) is 0 Å². The molecule has 0 atom stereocenters. The Morgan fingerprint density at radius 3 is 2.74 bits per heavy atom. The predicted octanol–water partition coefficient (Wildman–Crippen LogP) is 2.84. The third kappa shape index (κ3) is 3.61. The lowest BCUT2D eigenvalue weighted by Crippen LogP contribution is -2.30. The number of fused-ring (bicyclic) bond motifs is 1. The van der Waals surface area contributed by atoms with Gasteiger partial charge in [-0.2, -0.15) is 4.98 Å². The Labute approximate surface area is 156 Å². The summed E-state index contributed by atoms with van der Waals surface area (Å²) in [5.74, 6) is 1.42. The number of rotatable bonds is 5. The lowest BCUT2D eigenvalue weighted by atomic mass is 10.1. The molecule has 140 valence electrons. The molecule has 2 aromatic heterocycles. The highest BCUT2D eigenvalue weighted by Crippen LogP contribution is 2.24. The average molecular weight is 367 g/mol. The SMILES string of the molecule is CC(C)c1nc(CN2CCc3nc(-c4ccc(C(=O)O)cc4)[nH]c3C2)no1. The molecule has 0 spiro atoms. The molecule has 3 heterocycles. The van der Waals surface area contributed by atoms with Gasteiger partial charge in [0.25, 0.3) is 0 Å². The molecular formula is C19H21N5O3. The second-order valence-corrected chi connectivity index (χ2v) is 7.06. The fraction of sp³-hybridized carbons (Fsp3) is 0.368. The van der Waals surface area contributed by atoms with Crippen molar-refractivity contribution in [1.29, 1.82) is 0 Å². The Morgan fingerprint density at radius 2 is 2.07 bits per heavy atom. The van der Waals surface area contributed by atoms with Crippen LogP contribution in [0.5, 0.6) is 0 Å². The molecule has 0 saturated heterocycles. The summed E-state index contributed by atoms with van der Waals surface area (Å²) in [6.07, 6.45) is 0.841. The summed E-state index contributed by atoms with van der Waals surface area (Å²) in [6.45, 7) is 6.30. The Morgan fingerprint density at radius 1 is 1.30 bits per heavy atom. The quantitative estimate of drug-likeness (QED) is 0.714. The third-order valence-electron chi connectivity index (χ3n) is 4.66. The second kappa shape index (κ2) is 6.96. The van der Waals surface area contributed by atoms with E-state index >= 15 is 0 Å². The van der Waals surface area contributed by atoms with Gasteiger partial charge in [-0.25, -0.2) is 9.78 Å². The van der Waals surface area contributed by atoms with E-state index in [1.807, 2.05) is 13.8 Å². The summed E-state index contributed by atoms with van der Waals surface area (Å²) in [6, 6.07) is 6.73. The monoisotopic (exact) mass is 367 g/mol. The Bertz CT molecular complexity index is 958. The van der Waals surface area contributed by atoms with Crippen LogP contribution in [0, 0.1) is 0 Å². The molecule has 1 aliphatic heterocycles. The molecular weight excluding hydrogens is 346 g/mol. The molecule has 0 aliphatic carbocycles. The largest absolute Gasteiger partial charge is 0.478 e. The number of carboxylic acid groups (broad SMARTS) is 1. The molecule has 4 rings (SSSR count). The maximum Gasteiger partial charge on any atom is 0.335 e. The molecule has 8 nitrogen and oxygen atoms in total. The number of carbonyl (C=O) groups is 1. The first-order chi connectivity index (χ1) is 13.0. The van der Waals surface area contributed by atoms with Crippen molar-refractivity contribution >= 4 is 5.97 Å². The standard InChI is InChI=1S/C19H21N5O3/c1-11(2)18-22-16(23-27-18)10-24-8-7-14-15(9-24)21-17(20-14)12-3-5-13(6-4-12)19(25)26/h3-6,11H,7-10H2,1-2H3,(H,20,21)(H,25,26). The van der Waals surface area contributed by atoms with Crippen LogP contribution in [0.25, 0.3) is 11.4 Å². The van der Waals surface area contributed by atoms with Crippen molar-refractivity contribution in [2.45, 2.75) is 39.3 Å². The number of aromatic amines is 1. The molecule has 0 radical (unpaired) electrons. The summed E-state index contributed by atoms with van der Waals surface area (Å²) in [4.78, 5) is 25.7. The number of hydrogen-bond donors (Lipinski definition) is 2. The summed E-state index contributed by atoms with van der Waals surface area (Å²) in [7, 11) is 0. The van der Waals surface area contributed by atoms with Gasteiger partial charge in [0.05, 0.1) is 23.5 Å². The van der Waals surface area contributed by atoms with Crippen LogP contribution in [0.2, 0.25) is 0 Å². The Hall–Kier alpha value is -3.00. The molecule has 0 bridgehead atoms. The van der Waals surface area contributed by atoms with E-state index in [9.17, 15) is 4.79 Å². The van der Waals surface area contributed by atoms with E-state index in [0.29, 0.717) is 18.3 Å². The smallest absolute Gasteiger partial charge is 0.335 e. The Kier molecular flexibility index (Phi) is 4.49. The molecule has 0 unspecified atom stereocenters. The predicted molar refractivity (Wildman–Crippen MR) is 97.2 cm³/mol. The zero-order valence-electron chi connectivity index (χ0n) is 15.3. The van der Waals surface area contributed by atoms with Gasteiger partial charge in [0.15, 0.2) is 5.82 Å². The van der Waals surface area contributed by atoms with Crippen molar-refractivity contribution in [1.82, 2.24) is 25.0 Å². The minimum atomic E-state index is -0.932. The van der Waals surface area contributed by atoms with Crippen LogP contribution < -0.4 is 0 Å². The van der Waals surface area contributed by atoms with Crippen molar-refractivity contribution in [2.75, 3.05) is 6.54 Å². The van der Waals surface area contributed by atoms with Gasteiger partial charge in [-0.3, -0.25) is 4.90 Å². The number of aromatic carboxylic acids is 1. The molecule has 0 fully saturated rings. The van der Waals surface area contributed by atoms with Crippen LogP contribution >= 0.6 is 0 Å². The highest BCUT2D eigenvalue weighted by atomic mass is 16.5. The van der Waals surface area contributed by atoms with Crippen molar-refractivity contribution in [3.05, 3.63) is 52.9 Å². The highest BCUT2D eigenvalue weighted by molar-refractivity contribution is 5.88. The molecule has 0 amide bonds. The number of nitrogens with one attached hydrogen (secondary N) is 1. The van der Waals surface area contributed by atoms with Crippen LogP contribution in [0.15, 0.2) is 28.8 Å². The zero-order chi connectivity index (χ0) is 19.0. The van der Waals surface area contributed by atoms with Crippen molar-refractivity contribution < 1.29 is 14.4 Å². The van der Waals surface area contributed by atoms with Crippen LogP contribution in [0.1, 0.15) is 53.2 Å². The van der Waals surface area contributed by atoms with E-state index in [-0.39, 0.29) is 11.5 Å². The molecule has 0 saturated carbocycles. The van der Waals surface area contributed by atoms with Gasteiger partial charge in [-0.15, -0.1) is 0 Å². The zero-order valence-corrected chi connectivity index (χ0v) is 15.3. The third-order valence-corrected chi connectivity index (χ3v) is 4.66. The van der Waals surface area contributed by atoms with Crippen molar-refractivity contribution in [3.8, 4) is 11.4 Å². The van der Waals surface area contributed by atoms with Crippen molar-refractivity contribution in [2.24, 2.45) is 0 Å². The van der Waals surface area contributed by atoms with Gasteiger partial charge in [0.1, 0.15) is 5.82 Å². The molecule has 2 N–H and O–H groups in total. The fourth-order valence-electron chi connectivity index (χ4n) is 3.16. The first-order valence-corrected chi connectivity index (χ1v) is 8.96. The van der Waals surface area contributed by atoms with Crippen LogP contribution in [-0.2, 0) is 19.5 Å². The fourth-order valence-corrected chi connectivity index (χ4v) is 3.16. The molecule has 8 heteroatoms. The van der Waals surface area contributed by atoms with E-state index in [1.54, 1.807) is 24.3 Å². The number of H-pyrrole nitrogens is 1. The van der Waals surface area contributed by atoms with Crippen LogP contribution in [-0.4, -0.2) is 42.6 Å².